The Morgan fingerprint density at radius 1 is 0.945 bits per heavy atom. The van der Waals surface area contributed by atoms with Gasteiger partial charge in [-0.05, 0) is 116 Å². The van der Waals surface area contributed by atoms with Gasteiger partial charge < -0.3 is 39.0 Å². The van der Waals surface area contributed by atoms with E-state index in [1.807, 2.05) is 35.2 Å². The zero-order chi connectivity index (χ0) is 50.9. The Morgan fingerprint density at radius 3 is 2.55 bits per heavy atom. The quantitative estimate of drug-likeness (QED) is 0.107. The predicted octanol–water partition coefficient (Wildman–Crippen LogP) is 4.89. The fraction of sp³-hybridized carbons (Fsp3) is 0.455. The minimum Gasteiger partial charge on any atom is -0.392 e. The Kier molecular flexibility index (Phi) is 12.5. The van der Waals surface area contributed by atoms with E-state index in [4.69, 9.17) is 9.72 Å². The highest BCUT2D eigenvalue weighted by molar-refractivity contribution is 6.07. The molecule has 3 N–H and O–H groups in total. The molecule has 73 heavy (non-hydrogen) atoms. The maximum atomic E-state index is 14.0. The van der Waals surface area contributed by atoms with E-state index in [9.17, 15) is 33.9 Å². The van der Waals surface area contributed by atoms with E-state index < -0.39 is 11.9 Å². The van der Waals surface area contributed by atoms with E-state index in [-0.39, 0.29) is 65.7 Å². The normalized spacial score (nSPS) is 22.3. The minimum atomic E-state index is -0.644. The summed E-state index contributed by atoms with van der Waals surface area (Å²) in [7, 11) is 1.67. The largest absolute Gasteiger partial charge is 0.392 e. The van der Waals surface area contributed by atoms with Crippen LogP contribution in [-0.4, -0.2) is 115 Å². The number of rotatable bonds is 13. The molecule has 8 heterocycles. The standard InChI is InChI=1S/C55H62N10O8/c1-32-28-61(51(69)34-21-38(22-34)73-20-6-8-33-7-5-9-40-41(33)30-65(52(40)70)44-11-13-48(67)59-50(44)68)16-17-62(32)37-10-12-47(57-27-37)58-43-23-36(29-60(4)53(43)71)39-14-15-56-49(42(39)31-66)64-19-18-63-45(54(64)72)24-35-25-55(2,3)26-46(35)63/h5,7,9-10,12,14-15,23-24,27,29,32,34,38,44,66H,6,8,11,13,16-22,25-26,28,30-31H2,1-4H3,(H,57,58)(H,59,67,68)/t32-,34?,38?,44?/m0/s1. The molecule has 18 nitrogen and oxygen atoms in total. The van der Waals surface area contributed by atoms with E-state index in [1.54, 1.807) is 53.6 Å². The van der Waals surface area contributed by atoms with Crippen LogP contribution in [0.25, 0.3) is 11.1 Å². The van der Waals surface area contributed by atoms with Crippen LogP contribution in [0.3, 0.4) is 0 Å². The number of aliphatic hydroxyl groups excluding tert-OH is 1. The van der Waals surface area contributed by atoms with Crippen molar-refractivity contribution in [2.24, 2.45) is 18.4 Å². The Hall–Kier alpha value is -7.18. The molecule has 4 aromatic heterocycles. The molecule has 2 saturated heterocycles. The molecule has 0 radical (unpaired) electrons. The summed E-state index contributed by atoms with van der Waals surface area (Å²) < 4.78 is 9.83. The van der Waals surface area contributed by atoms with Crippen LogP contribution < -0.4 is 26.0 Å². The first-order valence-corrected chi connectivity index (χ1v) is 25.6. The summed E-state index contributed by atoms with van der Waals surface area (Å²) >= 11 is 0. The van der Waals surface area contributed by atoms with E-state index >= 15 is 0 Å². The SMILES string of the molecule is C[C@H]1CN(C(=O)C2CC(OCCCc3cccc4c3CN(C3CCC(=O)NC3=O)C4=O)C2)CCN1c1ccc(Nc2cc(-c3ccnc(N4CCn5c(cc6c5CC(C)(C)C6)C4=O)c3CO)cn(C)c2=O)nc1. The number of nitrogens with zero attached hydrogens (tertiary/aromatic N) is 8. The van der Waals surface area contributed by atoms with Crippen LogP contribution in [0.1, 0.15) is 102 Å². The molecule has 2 atom stereocenters. The third-order valence-corrected chi connectivity index (χ3v) is 15.9. The molecule has 5 aromatic rings. The van der Waals surface area contributed by atoms with Gasteiger partial charge in [-0.25, -0.2) is 9.97 Å². The molecule has 2 aliphatic carbocycles. The monoisotopic (exact) mass is 990 g/mol. The lowest BCUT2D eigenvalue weighted by Gasteiger charge is -2.44. The van der Waals surface area contributed by atoms with Gasteiger partial charge in [-0.1, -0.05) is 26.0 Å². The first-order valence-electron chi connectivity index (χ1n) is 25.6. The van der Waals surface area contributed by atoms with Crippen molar-refractivity contribution in [2.75, 3.05) is 47.9 Å². The minimum absolute atomic E-state index is 0.0288. The lowest BCUT2D eigenvalue weighted by atomic mass is 9.81. The number of carbonyl (C=O) groups excluding carboxylic acids is 5. The molecular weight excluding hydrogens is 929 g/mol. The van der Waals surface area contributed by atoms with Gasteiger partial charge in [-0.15, -0.1) is 0 Å². The summed E-state index contributed by atoms with van der Waals surface area (Å²) in [6.45, 7) is 10.0. The topological polar surface area (TPSA) is 205 Å². The molecule has 1 unspecified atom stereocenters. The van der Waals surface area contributed by atoms with Crippen LogP contribution in [0, 0.1) is 11.3 Å². The number of pyridine rings is 3. The van der Waals surface area contributed by atoms with Crippen LogP contribution in [0.2, 0.25) is 0 Å². The number of ether oxygens (including phenoxy) is 1. The second-order valence-electron chi connectivity index (χ2n) is 21.5. The highest BCUT2D eigenvalue weighted by atomic mass is 16.5. The number of piperidine rings is 1. The van der Waals surface area contributed by atoms with Gasteiger partial charge in [-0.2, -0.15) is 0 Å². The van der Waals surface area contributed by atoms with Crippen molar-refractivity contribution in [2.45, 2.75) is 110 Å². The van der Waals surface area contributed by atoms with Crippen molar-refractivity contribution in [3.05, 3.63) is 117 Å². The number of hydrogen-bond donors (Lipinski definition) is 3. The number of hydrogen-bond acceptors (Lipinski definition) is 12. The third kappa shape index (κ3) is 8.98. The highest BCUT2D eigenvalue weighted by Crippen LogP contribution is 2.41. The number of aryl methyl sites for hydroxylation is 2. The summed E-state index contributed by atoms with van der Waals surface area (Å²) in [5, 5.41) is 16.4. The molecule has 5 amide bonds. The van der Waals surface area contributed by atoms with E-state index in [0.717, 1.165) is 42.5 Å². The van der Waals surface area contributed by atoms with Gasteiger partial charge in [0.15, 0.2) is 0 Å². The van der Waals surface area contributed by atoms with Crippen molar-refractivity contribution < 1.29 is 33.8 Å². The van der Waals surface area contributed by atoms with Crippen molar-refractivity contribution >= 4 is 52.5 Å². The number of benzene rings is 1. The van der Waals surface area contributed by atoms with Crippen molar-refractivity contribution in [3.8, 4) is 11.1 Å². The molecule has 6 aliphatic rings. The maximum absolute atomic E-state index is 14.0. The Bertz CT molecular complexity index is 3120. The number of amides is 5. The molecule has 4 aliphatic heterocycles. The summed E-state index contributed by atoms with van der Waals surface area (Å²) in [6, 6.07) is 14.5. The second-order valence-corrected chi connectivity index (χ2v) is 21.5. The zero-order valence-electron chi connectivity index (χ0n) is 41.9. The molecule has 0 spiro atoms. The van der Waals surface area contributed by atoms with Gasteiger partial charge in [-0.3, -0.25) is 39.0 Å². The maximum Gasteiger partial charge on any atom is 0.276 e. The van der Waals surface area contributed by atoms with Crippen LogP contribution in [0.15, 0.2) is 71.9 Å². The fourth-order valence-corrected chi connectivity index (χ4v) is 12.1. The number of carbonyl (C=O) groups is 5. The summed E-state index contributed by atoms with van der Waals surface area (Å²) in [5.74, 6) is -0.0591. The first-order chi connectivity index (χ1) is 35.1. The summed E-state index contributed by atoms with van der Waals surface area (Å²) in [6.07, 6.45) is 10.4. The first kappa shape index (κ1) is 48.1. The Morgan fingerprint density at radius 2 is 1.78 bits per heavy atom. The predicted molar refractivity (Wildman–Crippen MR) is 272 cm³/mol. The lowest BCUT2D eigenvalue weighted by molar-refractivity contribution is -0.145. The van der Waals surface area contributed by atoms with Gasteiger partial charge >= 0.3 is 0 Å². The van der Waals surface area contributed by atoms with Gasteiger partial charge in [0.05, 0.1) is 24.6 Å². The molecule has 18 heteroatoms. The number of aromatic nitrogens is 4. The Balaban J connectivity index is 0.664. The van der Waals surface area contributed by atoms with E-state index in [1.165, 1.54) is 15.8 Å². The van der Waals surface area contributed by atoms with Gasteiger partial charge in [0.1, 0.15) is 29.1 Å². The van der Waals surface area contributed by atoms with Crippen molar-refractivity contribution in [1.29, 1.82) is 0 Å². The summed E-state index contributed by atoms with van der Waals surface area (Å²) in [5.41, 5.74) is 8.67. The van der Waals surface area contributed by atoms with Gasteiger partial charge in [0.25, 0.3) is 17.4 Å². The molecule has 3 fully saturated rings. The Labute approximate surface area is 423 Å². The highest BCUT2D eigenvalue weighted by Gasteiger charge is 2.42. The van der Waals surface area contributed by atoms with E-state index in [2.05, 4.69) is 45.9 Å². The summed E-state index contributed by atoms with van der Waals surface area (Å²) in [4.78, 5) is 95.3. The van der Waals surface area contributed by atoms with Crippen LogP contribution >= 0.6 is 0 Å². The van der Waals surface area contributed by atoms with Crippen LogP contribution in [0.4, 0.5) is 23.0 Å². The van der Waals surface area contributed by atoms with Crippen molar-refractivity contribution in [3.63, 3.8) is 0 Å². The lowest BCUT2D eigenvalue weighted by Crippen LogP contribution is -2.56. The number of fused-ring (bicyclic) bond motifs is 4. The average molecular weight is 991 g/mol. The molecule has 380 valence electrons. The second kappa shape index (κ2) is 19.0. The third-order valence-electron chi connectivity index (χ3n) is 15.9. The zero-order valence-corrected chi connectivity index (χ0v) is 41.9. The van der Waals surface area contributed by atoms with Crippen LogP contribution in [-0.2, 0) is 65.1 Å². The van der Waals surface area contributed by atoms with Gasteiger partial charge in [0, 0.05) is 106 Å². The molecule has 1 aromatic carbocycles. The fourth-order valence-electron chi connectivity index (χ4n) is 12.1. The number of anilines is 4. The molecule has 0 bridgehead atoms. The average Bonchev–Trinajstić information content (AvgIpc) is 3.99. The molecular formula is C55H62N10O8. The number of aliphatic hydroxyl groups is 1. The van der Waals surface area contributed by atoms with E-state index in [0.29, 0.717) is 110 Å². The number of imide groups is 1. The molecule has 1 saturated carbocycles. The number of piperazine rings is 1. The number of nitrogens with one attached hydrogen (secondary N) is 2. The van der Waals surface area contributed by atoms with Crippen LogP contribution in [0.5, 0.6) is 0 Å². The van der Waals surface area contributed by atoms with Gasteiger partial charge in [0.2, 0.25) is 17.7 Å². The van der Waals surface area contributed by atoms with Crippen molar-refractivity contribution in [1.82, 2.24) is 34.2 Å². The smallest absolute Gasteiger partial charge is 0.276 e. The molecule has 11 rings (SSSR count).